The number of aryl methyl sites for hydroxylation is 2. The van der Waals surface area contributed by atoms with Crippen molar-refractivity contribution in [1.82, 2.24) is 15.2 Å². The lowest BCUT2D eigenvalue weighted by molar-refractivity contribution is 1.08. The smallest absolute Gasteiger partial charge is 0.258 e. The Morgan fingerprint density at radius 3 is 2.67 bits per heavy atom. The van der Waals surface area contributed by atoms with Gasteiger partial charge in [0.05, 0.1) is 5.56 Å². The topological polar surface area (TPSA) is 84.7 Å². The van der Waals surface area contributed by atoms with Crippen LogP contribution in [0, 0.1) is 13.8 Å². The number of hydrogen-bond acceptors (Lipinski definition) is 5. The molecule has 78 valence electrons. The molecule has 0 saturated carbocycles. The van der Waals surface area contributed by atoms with E-state index >= 15 is 0 Å². The largest absolute Gasteiger partial charge is 0.374 e. The first-order valence-corrected chi connectivity index (χ1v) is 5.19. The molecule has 2 heterocycles. The highest BCUT2D eigenvalue weighted by molar-refractivity contribution is 7.18. The lowest BCUT2D eigenvalue weighted by Gasteiger charge is -2.01. The Bertz CT molecular complexity index is 557. The van der Waals surface area contributed by atoms with Crippen molar-refractivity contribution in [2.45, 2.75) is 13.8 Å². The summed E-state index contributed by atoms with van der Waals surface area (Å²) in [4.78, 5) is 14.4. The highest BCUT2D eigenvalue weighted by Crippen LogP contribution is 2.24. The third-order valence-corrected chi connectivity index (χ3v) is 2.79. The fourth-order valence-corrected chi connectivity index (χ4v) is 2.17. The van der Waals surface area contributed by atoms with Gasteiger partial charge in [0.15, 0.2) is 5.01 Å². The summed E-state index contributed by atoms with van der Waals surface area (Å²) in [5, 5.41) is 8.48. The van der Waals surface area contributed by atoms with Gasteiger partial charge in [-0.05, 0) is 25.5 Å². The number of rotatable bonds is 1. The lowest BCUT2D eigenvalue weighted by Crippen LogP contribution is -2.11. The third kappa shape index (κ3) is 1.75. The van der Waals surface area contributed by atoms with Crippen LogP contribution < -0.4 is 11.3 Å². The van der Waals surface area contributed by atoms with Gasteiger partial charge in [0.2, 0.25) is 5.13 Å². The number of nitrogens with one attached hydrogen (secondary N) is 1. The average molecular weight is 222 g/mol. The van der Waals surface area contributed by atoms with Crippen LogP contribution in [0.2, 0.25) is 0 Å². The van der Waals surface area contributed by atoms with Crippen molar-refractivity contribution < 1.29 is 0 Å². The summed E-state index contributed by atoms with van der Waals surface area (Å²) in [5.41, 5.74) is 7.59. The molecule has 0 amide bonds. The quantitative estimate of drug-likeness (QED) is 0.756. The number of hydrogen-bond donors (Lipinski definition) is 2. The van der Waals surface area contributed by atoms with Gasteiger partial charge in [-0.3, -0.25) is 4.79 Å². The first-order chi connectivity index (χ1) is 7.08. The van der Waals surface area contributed by atoms with Gasteiger partial charge in [0.25, 0.3) is 5.56 Å². The number of nitrogens with zero attached hydrogens (tertiary/aromatic N) is 2. The minimum Gasteiger partial charge on any atom is -0.374 e. The molecule has 0 aliphatic rings. The average Bonchev–Trinajstić information content (AvgIpc) is 2.49. The number of nitrogens with two attached hydrogens (primary N) is 1. The Labute approximate surface area is 90.0 Å². The van der Waals surface area contributed by atoms with Crippen LogP contribution in [0.4, 0.5) is 5.13 Å². The minimum absolute atomic E-state index is 0.149. The molecular formula is C9H10N4OS. The van der Waals surface area contributed by atoms with Crippen LogP contribution in [0.1, 0.15) is 11.3 Å². The predicted molar refractivity (Wildman–Crippen MR) is 59.9 cm³/mol. The van der Waals surface area contributed by atoms with Gasteiger partial charge in [0.1, 0.15) is 0 Å². The number of pyridine rings is 1. The molecular weight excluding hydrogens is 212 g/mol. The number of anilines is 1. The van der Waals surface area contributed by atoms with Crippen LogP contribution in [0.15, 0.2) is 10.9 Å². The zero-order valence-corrected chi connectivity index (χ0v) is 9.18. The van der Waals surface area contributed by atoms with E-state index in [1.807, 2.05) is 19.9 Å². The standard InChI is InChI=1S/C9H10N4OS/c1-4-3-5(2)11-7(14)6(4)8-12-13-9(10)15-8/h3H,1-2H3,(H2,10,13)(H,11,14). The molecule has 2 aromatic rings. The fraction of sp³-hybridized carbons (Fsp3) is 0.222. The van der Waals surface area contributed by atoms with Crippen molar-refractivity contribution in [1.29, 1.82) is 0 Å². The summed E-state index contributed by atoms with van der Waals surface area (Å²) in [6.45, 7) is 3.71. The van der Waals surface area contributed by atoms with Crippen molar-refractivity contribution in [2.24, 2.45) is 0 Å². The molecule has 0 saturated heterocycles. The minimum atomic E-state index is -0.149. The zero-order valence-electron chi connectivity index (χ0n) is 8.37. The van der Waals surface area contributed by atoms with Crippen molar-refractivity contribution in [3.8, 4) is 10.6 Å². The molecule has 0 aromatic carbocycles. The summed E-state index contributed by atoms with van der Waals surface area (Å²) in [6.07, 6.45) is 0. The van der Waals surface area contributed by atoms with Gasteiger partial charge in [-0.1, -0.05) is 11.3 Å². The molecule has 0 bridgehead atoms. The van der Waals surface area contributed by atoms with Crippen molar-refractivity contribution >= 4 is 16.5 Å². The van der Waals surface area contributed by atoms with E-state index in [-0.39, 0.29) is 5.56 Å². The molecule has 15 heavy (non-hydrogen) atoms. The van der Waals surface area contributed by atoms with Gasteiger partial charge in [-0.2, -0.15) is 0 Å². The Kier molecular flexibility index (Phi) is 2.28. The Hall–Kier alpha value is -1.69. The van der Waals surface area contributed by atoms with E-state index in [4.69, 9.17) is 5.73 Å². The molecule has 0 fully saturated rings. The maximum atomic E-state index is 11.7. The summed E-state index contributed by atoms with van der Waals surface area (Å²) < 4.78 is 0. The highest BCUT2D eigenvalue weighted by atomic mass is 32.1. The molecule has 0 spiro atoms. The number of nitrogen functional groups attached to an aromatic ring is 1. The summed E-state index contributed by atoms with van der Waals surface area (Å²) in [5.74, 6) is 0. The maximum absolute atomic E-state index is 11.7. The van der Waals surface area contributed by atoms with E-state index < -0.39 is 0 Å². The molecule has 5 nitrogen and oxygen atoms in total. The van der Waals surface area contributed by atoms with Gasteiger partial charge in [0, 0.05) is 5.69 Å². The van der Waals surface area contributed by atoms with Crippen LogP contribution in [-0.4, -0.2) is 15.2 Å². The SMILES string of the molecule is Cc1cc(C)c(-c2nnc(N)s2)c(=O)[nH]1. The van der Waals surface area contributed by atoms with Crippen LogP contribution in [0.3, 0.4) is 0 Å². The fourth-order valence-electron chi connectivity index (χ4n) is 1.46. The Balaban J connectivity index is 2.68. The first kappa shape index (κ1) is 9.85. The van der Waals surface area contributed by atoms with E-state index in [1.54, 1.807) is 0 Å². The third-order valence-electron chi connectivity index (χ3n) is 2.02. The number of aromatic amines is 1. The summed E-state index contributed by atoms with van der Waals surface area (Å²) in [6, 6.07) is 1.90. The van der Waals surface area contributed by atoms with Gasteiger partial charge < -0.3 is 10.7 Å². The molecule has 0 radical (unpaired) electrons. The van der Waals surface area contributed by atoms with E-state index in [0.29, 0.717) is 15.7 Å². The predicted octanol–water partition coefficient (Wildman–Crippen LogP) is 1.09. The molecule has 2 rings (SSSR count). The lowest BCUT2D eigenvalue weighted by atomic mass is 10.1. The summed E-state index contributed by atoms with van der Waals surface area (Å²) in [7, 11) is 0. The Morgan fingerprint density at radius 1 is 1.40 bits per heavy atom. The van der Waals surface area contributed by atoms with Crippen molar-refractivity contribution in [2.75, 3.05) is 5.73 Å². The van der Waals surface area contributed by atoms with E-state index in [1.165, 1.54) is 11.3 Å². The monoisotopic (exact) mass is 222 g/mol. The molecule has 0 aliphatic carbocycles. The Morgan fingerprint density at radius 2 is 2.13 bits per heavy atom. The van der Waals surface area contributed by atoms with E-state index in [2.05, 4.69) is 15.2 Å². The normalized spacial score (nSPS) is 10.5. The maximum Gasteiger partial charge on any atom is 0.258 e. The van der Waals surface area contributed by atoms with E-state index in [9.17, 15) is 4.79 Å². The highest BCUT2D eigenvalue weighted by Gasteiger charge is 2.12. The molecule has 0 atom stereocenters. The number of H-pyrrole nitrogens is 1. The molecule has 0 unspecified atom stereocenters. The van der Waals surface area contributed by atoms with Crippen LogP contribution in [-0.2, 0) is 0 Å². The summed E-state index contributed by atoms with van der Waals surface area (Å²) >= 11 is 1.21. The number of aromatic nitrogens is 3. The van der Waals surface area contributed by atoms with E-state index in [0.717, 1.165) is 11.3 Å². The van der Waals surface area contributed by atoms with Crippen LogP contribution >= 0.6 is 11.3 Å². The molecule has 3 N–H and O–H groups in total. The van der Waals surface area contributed by atoms with Crippen LogP contribution in [0.25, 0.3) is 10.6 Å². The second kappa shape index (κ2) is 3.47. The molecule has 2 aromatic heterocycles. The zero-order chi connectivity index (χ0) is 11.0. The van der Waals surface area contributed by atoms with Crippen molar-refractivity contribution in [3.05, 3.63) is 27.7 Å². The molecule has 0 aliphatic heterocycles. The second-order valence-corrected chi connectivity index (χ2v) is 4.29. The van der Waals surface area contributed by atoms with Gasteiger partial charge in [-0.25, -0.2) is 0 Å². The van der Waals surface area contributed by atoms with Gasteiger partial charge in [-0.15, -0.1) is 10.2 Å². The first-order valence-electron chi connectivity index (χ1n) is 4.38. The second-order valence-electron chi connectivity index (χ2n) is 3.28. The van der Waals surface area contributed by atoms with Crippen LogP contribution in [0.5, 0.6) is 0 Å². The van der Waals surface area contributed by atoms with Crippen molar-refractivity contribution in [3.63, 3.8) is 0 Å². The molecule has 6 heteroatoms. The van der Waals surface area contributed by atoms with Gasteiger partial charge >= 0.3 is 0 Å².